The lowest BCUT2D eigenvalue weighted by atomic mass is 10.2. The first kappa shape index (κ1) is 19.4. The van der Waals surface area contributed by atoms with Gasteiger partial charge in [-0.1, -0.05) is 6.58 Å². The Kier molecular flexibility index (Phi) is 5.27. The standard InChI is InChI=1S/C21H25N5O2S/c1-5-19(27)25-8-6-15(12-25)28-20-16-7-9-26(13(2)3)17(16)10-18(23-20)24-21-22-11-14(4)29-21/h5,7,9-11,13,15H,1,6,8,12H2,2-4H3,(H,22,23,24). The predicted octanol–water partition coefficient (Wildman–Crippen LogP) is 4.29. The van der Waals surface area contributed by atoms with Crippen LogP contribution in [-0.2, 0) is 4.79 Å². The van der Waals surface area contributed by atoms with E-state index in [1.54, 1.807) is 16.2 Å². The Balaban J connectivity index is 1.66. The van der Waals surface area contributed by atoms with Gasteiger partial charge in [-0.15, -0.1) is 11.3 Å². The lowest BCUT2D eigenvalue weighted by molar-refractivity contribution is -0.125. The summed E-state index contributed by atoms with van der Waals surface area (Å²) in [6.07, 6.45) is 5.93. The summed E-state index contributed by atoms with van der Waals surface area (Å²) in [5, 5.41) is 5.06. The van der Waals surface area contributed by atoms with Crippen molar-refractivity contribution in [3.63, 3.8) is 0 Å². The van der Waals surface area contributed by atoms with Gasteiger partial charge in [-0.05, 0) is 32.9 Å². The average Bonchev–Trinajstić information content (AvgIpc) is 3.41. The number of likely N-dealkylation sites (tertiary alicyclic amines) is 1. The summed E-state index contributed by atoms with van der Waals surface area (Å²) in [5.41, 5.74) is 1.05. The zero-order chi connectivity index (χ0) is 20.5. The minimum absolute atomic E-state index is 0.0604. The molecule has 0 aromatic carbocycles. The highest BCUT2D eigenvalue weighted by Gasteiger charge is 2.27. The molecule has 1 unspecified atom stereocenters. The first-order chi connectivity index (χ1) is 13.9. The second-order valence-electron chi connectivity index (χ2n) is 7.48. The van der Waals surface area contributed by atoms with Gasteiger partial charge in [-0.2, -0.15) is 4.98 Å². The molecule has 1 atom stereocenters. The molecule has 1 aliphatic heterocycles. The summed E-state index contributed by atoms with van der Waals surface area (Å²) in [6.45, 7) is 11.1. The fraction of sp³-hybridized carbons (Fsp3) is 0.381. The molecule has 0 saturated carbocycles. The van der Waals surface area contributed by atoms with Crippen LogP contribution in [0.15, 0.2) is 37.2 Å². The number of anilines is 2. The van der Waals surface area contributed by atoms with E-state index in [1.807, 2.05) is 25.3 Å². The minimum atomic E-state index is -0.0886. The molecule has 4 rings (SSSR count). The molecule has 3 aromatic rings. The number of aromatic nitrogens is 3. The fourth-order valence-corrected chi connectivity index (χ4v) is 4.23. The van der Waals surface area contributed by atoms with Gasteiger partial charge in [-0.3, -0.25) is 4.79 Å². The Morgan fingerprint density at radius 3 is 3.00 bits per heavy atom. The van der Waals surface area contributed by atoms with E-state index in [9.17, 15) is 4.79 Å². The van der Waals surface area contributed by atoms with E-state index >= 15 is 0 Å². The lowest BCUT2D eigenvalue weighted by Gasteiger charge is -2.17. The number of pyridine rings is 1. The summed E-state index contributed by atoms with van der Waals surface area (Å²) in [4.78, 5) is 23.9. The Morgan fingerprint density at radius 2 is 2.31 bits per heavy atom. The molecule has 1 saturated heterocycles. The molecular formula is C21H25N5O2S. The third-order valence-corrected chi connectivity index (χ3v) is 5.83. The smallest absolute Gasteiger partial charge is 0.246 e. The molecule has 4 heterocycles. The van der Waals surface area contributed by atoms with Gasteiger partial charge in [0.2, 0.25) is 11.8 Å². The van der Waals surface area contributed by atoms with Crippen LogP contribution in [-0.4, -0.2) is 44.5 Å². The van der Waals surface area contributed by atoms with E-state index in [2.05, 4.69) is 41.5 Å². The SMILES string of the molecule is C=CC(=O)N1CCC(Oc2nc(Nc3ncc(C)s3)cc3c2ccn3C(C)C)C1. The van der Waals surface area contributed by atoms with E-state index in [-0.39, 0.29) is 12.0 Å². The summed E-state index contributed by atoms with van der Waals surface area (Å²) < 4.78 is 8.48. The van der Waals surface area contributed by atoms with Crippen LogP contribution in [0, 0.1) is 6.92 Å². The number of nitrogens with zero attached hydrogens (tertiary/aromatic N) is 4. The van der Waals surface area contributed by atoms with Crippen molar-refractivity contribution in [1.29, 1.82) is 0 Å². The number of nitrogens with one attached hydrogen (secondary N) is 1. The molecule has 1 fully saturated rings. The Morgan fingerprint density at radius 1 is 1.48 bits per heavy atom. The van der Waals surface area contributed by atoms with Crippen molar-refractivity contribution < 1.29 is 9.53 Å². The fourth-order valence-electron chi connectivity index (χ4n) is 3.56. The maximum Gasteiger partial charge on any atom is 0.246 e. The molecular weight excluding hydrogens is 386 g/mol. The van der Waals surface area contributed by atoms with Crippen molar-refractivity contribution >= 4 is 39.1 Å². The zero-order valence-corrected chi connectivity index (χ0v) is 17.7. The number of hydrogen-bond donors (Lipinski definition) is 1. The summed E-state index contributed by atoms with van der Waals surface area (Å²) in [7, 11) is 0. The molecule has 1 N–H and O–H groups in total. The number of amides is 1. The molecule has 1 amide bonds. The first-order valence-corrected chi connectivity index (χ1v) is 10.5. The van der Waals surface area contributed by atoms with Gasteiger partial charge in [-0.25, -0.2) is 4.98 Å². The molecule has 1 aliphatic rings. The molecule has 152 valence electrons. The van der Waals surface area contributed by atoms with Crippen LogP contribution in [0.5, 0.6) is 5.88 Å². The van der Waals surface area contributed by atoms with Crippen LogP contribution < -0.4 is 10.1 Å². The lowest BCUT2D eigenvalue weighted by Crippen LogP contribution is -2.29. The van der Waals surface area contributed by atoms with Crippen molar-refractivity contribution in [2.45, 2.75) is 39.3 Å². The second kappa shape index (κ2) is 7.87. The number of carbonyl (C=O) groups is 1. The molecule has 3 aromatic heterocycles. The predicted molar refractivity (Wildman–Crippen MR) is 116 cm³/mol. The molecule has 0 bridgehead atoms. The first-order valence-electron chi connectivity index (χ1n) is 9.73. The summed E-state index contributed by atoms with van der Waals surface area (Å²) in [5.74, 6) is 1.21. The number of fused-ring (bicyclic) bond motifs is 1. The third-order valence-electron chi connectivity index (χ3n) is 5.00. The minimum Gasteiger partial charge on any atom is -0.472 e. The highest BCUT2D eigenvalue weighted by atomic mass is 32.1. The Labute approximate surface area is 174 Å². The van der Waals surface area contributed by atoms with Gasteiger partial charge in [0.25, 0.3) is 0 Å². The van der Waals surface area contributed by atoms with Gasteiger partial charge < -0.3 is 19.5 Å². The van der Waals surface area contributed by atoms with Gasteiger partial charge in [0.15, 0.2) is 5.13 Å². The maximum atomic E-state index is 11.9. The van der Waals surface area contributed by atoms with E-state index in [0.29, 0.717) is 30.8 Å². The molecule has 8 heteroatoms. The molecule has 29 heavy (non-hydrogen) atoms. The van der Waals surface area contributed by atoms with Crippen LogP contribution in [0.2, 0.25) is 0 Å². The number of aryl methyl sites for hydroxylation is 1. The zero-order valence-electron chi connectivity index (χ0n) is 16.9. The van der Waals surface area contributed by atoms with Crippen LogP contribution in [0.4, 0.5) is 10.9 Å². The number of thiazole rings is 1. The quantitative estimate of drug-likeness (QED) is 0.613. The van der Waals surface area contributed by atoms with Crippen LogP contribution in [0.25, 0.3) is 10.9 Å². The topological polar surface area (TPSA) is 72.3 Å². The highest BCUT2D eigenvalue weighted by molar-refractivity contribution is 7.15. The summed E-state index contributed by atoms with van der Waals surface area (Å²) in [6, 6.07) is 4.38. The largest absolute Gasteiger partial charge is 0.472 e. The van der Waals surface area contributed by atoms with E-state index < -0.39 is 0 Å². The van der Waals surface area contributed by atoms with Crippen LogP contribution in [0.3, 0.4) is 0 Å². The normalized spacial score (nSPS) is 16.6. The Bertz CT molecular complexity index is 1050. The van der Waals surface area contributed by atoms with Crippen molar-refractivity contribution in [2.75, 3.05) is 18.4 Å². The molecule has 0 aliphatic carbocycles. The highest BCUT2D eigenvalue weighted by Crippen LogP contribution is 2.33. The van der Waals surface area contributed by atoms with Crippen molar-refractivity contribution in [3.8, 4) is 5.88 Å². The van der Waals surface area contributed by atoms with E-state index in [0.717, 1.165) is 27.3 Å². The third kappa shape index (κ3) is 3.98. The number of hydrogen-bond acceptors (Lipinski definition) is 6. The van der Waals surface area contributed by atoms with E-state index in [1.165, 1.54) is 6.08 Å². The number of rotatable bonds is 6. The van der Waals surface area contributed by atoms with Gasteiger partial charge >= 0.3 is 0 Å². The summed E-state index contributed by atoms with van der Waals surface area (Å²) >= 11 is 1.58. The van der Waals surface area contributed by atoms with Gasteiger partial charge in [0.1, 0.15) is 11.9 Å². The van der Waals surface area contributed by atoms with Crippen molar-refractivity contribution in [2.24, 2.45) is 0 Å². The van der Waals surface area contributed by atoms with Crippen molar-refractivity contribution in [3.05, 3.63) is 42.1 Å². The second-order valence-corrected chi connectivity index (χ2v) is 8.71. The van der Waals surface area contributed by atoms with Crippen molar-refractivity contribution in [1.82, 2.24) is 19.4 Å². The van der Waals surface area contributed by atoms with E-state index in [4.69, 9.17) is 9.72 Å². The number of carbonyl (C=O) groups excluding carboxylic acids is 1. The van der Waals surface area contributed by atoms with Gasteiger partial charge in [0.05, 0.1) is 17.4 Å². The monoisotopic (exact) mass is 411 g/mol. The number of ether oxygens (including phenoxy) is 1. The molecule has 0 spiro atoms. The van der Waals surface area contributed by atoms with Gasteiger partial charge in [0, 0.05) is 42.3 Å². The average molecular weight is 412 g/mol. The van der Waals surface area contributed by atoms with Crippen LogP contribution >= 0.6 is 11.3 Å². The molecule has 0 radical (unpaired) electrons. The molecule has 7 nitrogen and oxygen atoms in total. The maximum absolute atomic E-state index is 11.9. The Hall–Kier alpha value is -2.87. The van der Waals surface area contributed by atoms with Crippen LogP contribution in [0.1, 0.15) is 31.2 Å².